The van der Waals surface area contributed by atoms with Gasteiger partial charge in [-0.2, -0.15) is 19.9 Å². The summed E-state index contributed by atoms with van der Waals surface area (Å²) in [4.78, 5) is 17.4. The van der Waals surface area contributed by atoms with E-state index < -0.39 is 0 Å². The van der Waals surface area contributed by atoms with E-state index in [0.717, 1.165) is 43.5 Å². The van der Waals surface area contributed by atoms with Gasteiger partial charge in [-0.15, -0.1) is 0 Å². The van der Waals surface area contributed by atoms with E-state index in [2.05, 4.69) is 35.9 Å². The molecule has 4 heterocycles. The van der Waals surface area contributed by atoms with Gasteiger partial charge < -0.3 is 9.80 Å². The summed E-state index contributed by atoms with van der Waals surface area (Å²) < 4.78 is 1.77. The highest BCUT2D eigenvalue weighted by atomic mass is 15.4. The Balaban J connectivity index is 1.58. The van der Waals surface area contributed by atoms with Crippen LogP contribution in [-0.4, -0.2) is 50.7 Å². The number of nitrogens with zero attached hydrogens (tertiary/aromatic N) is 8. The molecule has 0 aromatic carbocycles. The topological polar surface area (TPSA) is 86.2 Å². The molecule has 8 heteroatoms. The highest BCUT2D eigenvalue weighted by Gasteiger charge is 2.22. The largest absolute Gasteiger partial charge is 0.353 e. The Morgan fingerprint density at radius 3 is 2.71 bits per heavy atom. The third-order valence-corrected chi connectivity index (χ3v) is 4.17. The van der Waals surface area contributed by atoms with Crippen LogP contribution in [0.15, 0.2) is 30.7 Å². The second kappa shape index (κ2) is 5.77. The molecule has 1 aliphatic heterocycles. The number of piperazine rings is 1. The van der Waals surface area contributed by atoms with Crippen molar-refractivity contribution in [1.82, 2.24) is 24.6 Å². The van der Waals surface area contributed by atoms with Gasteiger partial charge in [0.05, 0.1) is 5.56 Å². The number of aryl methyl sites for hydroxylation is 1. The van der Waals surface area contributed by atoms with Gasteiger partial charge in [0.15, 0.2) is 0 Å². The third kappa shape index (κ3) is 2.40. The van der Waals surface area contributed by atoms with Crippen LogP contribution >= 0.6 is 0 Å². The van der Waals surface area contributed by atoms with Gasteiger partial charge in [0.25, 0.3) is 5.78 Å². The van der Waals surface area contributed by atoms with Crippen LogP contribution in [-0.2, 0) is 0 Å². The molecule has 3 aromatic rings. The van der Waals surface area contributed by atoms with Gasteiger partial charge >= 0.3 is 0 Å². The average Bonchev–Trinajstić information content (AvgIpc) is 3.09. The molecule has 1 fully saturated rings. The summed E-state index contributed by atoms with van der Waals surface area (Å²) in [6.45, 7) is 5.19. The van der Waals surface area contributed by atoms with E-state index in [4.69, 9.17) is 0 Å². The standard InChI is InChI=1S/C16H16N8/c1-12-9-14(24-16(21-12)19-11-20-24)22-5-7-23(8-6-22)15-13(10-17)3-2-4-18-15/h2-4,9,11H,5-8H2,1H3. The lowest BCUT2D eigenvalue weighted by atomic mass is 10.2. The van der Waals surface area contributed by atoms with Gasteiger partial charge in [0, 0.05) is 44.1 Å². The average molecular weight is 320 g/mol. The third-order valence-electron chi connectivity index (χ3n) is 4.17. The Hall–Kier alpha value is -3.21. The second-order valence-electron chi connectivity index (χ2n) is 5.69. The van der Waals surface area contributed by atoms with E-state index in [-0.39, 0.29) is 0 Å². The monoisotopic (exact) mass is 320 g/mol. The summed E-state index contributed by atoms with van der Waals surface area (Å²) in [5, 5.41) is 13.5. The summed E-state index contributed by atoms with van der Waals surface area (Å²) >= 11 is 0. The maximum absolute atomic E-state index is 9.25. The Kier molecular flexibility index (Phi) is 3.46. The Labute approximate surface area is 139 Å². The van der Waals surface area contributed by atoms with Crippen LogP contribution in [0.2, 0.25) is 0 Å². The molecule has 0 N–H and O–H groups in total. The van der Waals surface area contributed by atoms with Crippen LogP contribution in [0.4, 0.5) is 11.6 Å². The Morgan fingerprint density at radius 1 is 1.12 bits per heavy atom. The molecule has 120 valence electrons. The van der Waals surface area contributed by atoms with Crippen molar-refractivity contribution in [3.63, 3.8) is 0 Å². The maximum atomic E-state index is 9.25. The number of pyridine rings is 1. The molecule has 0 amide bonds. The minimum atomic E-state index is 0.615. The fourth-order valence-corrected chi connectivity index (χ4v) is 3.02. The first-order valence-corrected chi connectivity index (χ1v) is 7.78. The van der Waals surface area contributed by atoms with Gasteiger partial charge in [0.1, 0.15) is 24.0 Å². The first kappa shape index (κ1) is 14.4. The zero-order valence-corrected chi connectivity index (χ0v) is 13.3. The number of nitriles is 1. The second-order valence-corrected chi connectivity index (χ2v) is 5.69. The van der Waals surface area contributed by atoms with Crippen molar-refractivity contribution in [2.75, 3.05) is 36.0 Å². The van der Waals surface area contributed by atoms with Gasteiger partial charge in [-0.1, -0.05) is 0 Å². The predicted octanol–water partition coefficient (Wildman–Crippen LogP) is 1.03. The summed E-state index contributed by atoms with van der Waals surface area (Å²) in [5.41, 5.74) is 1.54. The lowest BCUT2D eigenvalue weighted by Crippen LogP contribution is -2.47. The van der Waals surface area contributed by atoms with Crippen LogP contribution in [0.5, 0.6) is 0 Å². The first-order valence-electron chi connectivity index (χ1n) is 7.78. The van der Waals surface area contributed by atoms with Crippen molar-refractivity contribution < 1.29 is 0 Å². The molecule has 4 rings (SSSR count). The smallest absolute Gasteiger partial charge is 0.254 e. The molecule has 3 aromatic heterocycles. The van der Waals surface area contributed by atoms with Crippen LogP contribution in [0.1, 0.15) is 11.3 Å². The summed E-state index contributed by atoms with van der Waals surface area (Å²) in [6.07, 6.45) is 3.25. The number of fused-ring (bicyclic) bond motifs is 1. The minimum absolute atomic E-state index is 0.615. The van der Waals surface area contributed by atoms with E-state index in [0.29, 0.717) is 11.3 Å². The SMILES string of the molecule is Cc1cc(N2CCN(c3ncccc3C#N)CC2)n2ncnc2n1. The molecule has 0 aliphatic carbocycles. The van der Waals surface area contributed by atoms with Crippen molar-refractivity contribution in [3.05, 3.63) is 42.0 Å². The van der Waals surface area contributed by atoms with E-state index >= 15 is 0 Å². The summed E-state index contributed by atoms with van der Waals surface area (Å²) in [6, 6.07) is 7.84. The molecule has 0 unspecified atom stereocenters. The molecule has 0 saturated carbocycles. The molecule has 0 radical (unpaired) electrons. The minimum Gasteiger partial charge on any atom is -0.353 e. The van der Waals surface area contributed by atoms with Crippen LogP contribution in [0, 0.1) is 18.3 Å². The molecule has 0 spiro atoms. The predicted molar refractivity (Wildman–Crippen MR) is 88.9 cm³/mol. The first-order chi connectivity index (χ1) is 11.8. The van der Waals surface area contributed by atoms with Crippen molar-refractivity contribution in [2.24, 2.45) is 0 Å². The maximum Gasteiger partial charge on any atom is 0.254 e. The molecular formula is C16H16N8. The normalized spacial score (nSPS) is 14.8. The van der Waals surface area contributed by atoms with Crippen LogP contribution in [0.25, 0.3) is 5.78 Å². The van der Waals surface area contributed by atoms with Gasteiger partial charge in [-0.05, 0) is 19.1 Å². The number of anilines is 2. The van der Waals surface area contributed by atoms with Crippen molar-refractivity contribution in [2.45, 2.75) is 6.92 Å². The molecule has 8 nitrogen and oxygen atoms in total. The van der Waals surface area contributed by atoms with Crippen molar-refractivity contribution in [3.8, 4) is 6.07 Å². The summed E-state index contributed by atoms with van der Waals surface area (Å²) in [5.74, 6) is 2.37. The quantitative estimate of drug-likeness (QED) is 0.697. The fraction of sp³-hybridized carbons (Fsp3) is 0.312. The Morgan fingerprint density at radius 2 is 1.92 bits per heavy atom. The van der Waals surface area contributed by atoms with E-state index in [1.54, 1.807) is 22.8 Å². The van der Waals surface area contributed by atoms with Gasteiger partial charge in [-0.25, -0.2) is 9.97 Å². The number of hydrogen-bond donors (Lipinski definition) is 0. The highest BCUT2D eigenvalue weighted by Crippen LogP contribution is 2.22. The summed E-state index contributed by atoms with van der Waals surface area (Å²) in [7, 11) is 0. The molecule has 0 bridgehead atoms. The fourth-order valence-electron chi connectivity index (χ4n) is 3.02. The highest BCUT2D eigenvalue weighted by molar-refractivity contribution is 5.55. The lowest BCUT2D eigenvalue weighted by Gasteiger charge is -2.36. The van der Waals surface area contributed by atoms with Crippen molar-refractivity contribution >= 4 is 17.4 Å². The number of rotatable bonds is 2. The van der Waals surface area contributed by atoms with Gasteiger partial charge in [0.2, 0.25) is 0 Å². The number of aromatic nitrogens is 5. The number of hydrogen-bond acceptors (Lipinski definition) is 7. The zero-order valence-electron chi connectivity index (χ0n) is 13.3. The van der Waals surface area contributed by atoms with E-state index in [9.17, 15) is 5.26 Å². The van der Waals surface area contributed by atoms with Crippen LogP contribution in [0.3, 0.4) is 0 Å². The van der Waals surface area contributed by atoms with E-state index in [1.807, 2.05) is 13.0 Å². The molecule has 1 saturated heterocycles. The lowest BCUT2D eigenvalue weighted by molar-refractivity contribution is 0.632. The Bertz CT molecular complexity index is 917. The zero-order chi connectivity index (χ0) is 16.5. The van der Waals surface area contributed by atoms with Gasteiger partial charge in [-0.3, -0.25) is 0 Å². The van der Waals surface area contributed by atoms with Crippen molar-refractivity contribution in [1.29, 1.82) is 5.26 Å². The van der Waals surface area contributed by atoms with E-state index in [1.165, 1.54) is 6.33 Å². The molecular weight excluding hydrogens is 304 g/mol. The van der Waals surface area contributed by atoms with Crippen LogP contribution < -0.4 is 9.80 Å². The molecule has 1 aliphatic rings. The molecule has 0 atom stereocenters. The molecule has 24 heavy (non-hydrogen) atoms.